The number of nitrogens with zero attached hydrogens (tertiary/aromatic N) is 1. The van der Waals surface area contributed by atoms with Gasteiger partial charge in [-0.2, -0.15) is 0 Å². The highest BCUT2D eigenvalue weighted by molar-refractivity contribution is 5.80. The minimum atomic E-state index is 0.0172. The zero-order valence-corrected chi connectivity index (χ0v) is 14.7. The van der Waals surface area contributed by atoms with Crippen LogP contribution in [0, 0.1) is 5.92 Å². The molecule has 0 spiro atoms. The molecule has 0 aliphatic heterocycles. The molecule has 0 bridgehead atoms. The van der Waals surface area contributed by atoms with Crippen molar-refractivity contribution in [2.24, 2.45) is 10.9 Å². The molecule has 1 aromatic rings. The van der Waals surface area contributed by atoms with Crippen LogP contribution in [0.1, 0.15) is 39.2 Å². The molecule has 0 fully saturated rings. The van der Waals surface area contributed by atoms with E-state index in [0.29, 0.717) is 19.0 Å². The Bertz CT molecular complexity index is 485. The molecule has 0 aliphatic rings. The number of nitrogens with one attached hydrogen (secondary N) is 3. The number of benzene rings is 1. The Kier molecular flexibility index (Phi) is 8.80. The van der Waals surface area contributed by atoms with E-state index in [-0.39, 0.29) is 11.8 Å². The third-order valence-corrected chi connectivity index (χ3v) is 3.48. The lowest BCUT2D eigenvalue weighted by Crippen LogP contribution is -2.42. The van der Waals surface area contributed by atoms with E-state index >= 15 is 0 Å². The summed E-state index contributed by atoms with van der Waals surface area (Å²) in [4.78, 5) is 16.1. The van der Waals surface area contributed by atoms with Crippen molar-refractivity contribution < 1.29 is 4.79 Å². The lowest BCUT2D eigenvalue weighted by molar-refractivity contribution is -0.123. The third kappa shape index (κ3) is 7.68. The number of hydrogen-bond acceptors (Lipinski definition) is 2. The quantitative estimate of drug-likeness (QED) is 0.391. The summed E-state index contributed by atoms with van der Waals surface area (Å²) in [7, 11) is 0. The molecule has 5 nitrogen and oxygen atoms in total. The molecule has 0 heterocycles. The number of aliphatic imine (C=N–C) groups is 1. The van der Waals surface area contributed by atoms with Crippen LogP contribution in [0.4, 0.5) is 0 Å². The summed E-state index contributed by atoms with van der Waals surface area (Å²) >= 11 is 0. The number of guanidine groups is 1. The van der Waals surface area contributed by atoms with Gasteiger partial charge >= 0.3 is 0 Å². The number of carbonyl (C=O) groups is 1. The second kappa shape index (κ2) is 10.6. The first-order valence-electron chi connectivity index (χ1n) is 8.39. The van der Waals surface area contributed by atoms with Gasteiger partial charge in [0.05, 0.1) is 0 Å². The average Bonchev–Trinajstić information content (AvgIpc) is 2.56. The van der Waals surface area contributed by atoms with Crippen LogP contribution in [-0.2, 0) is 4.79 Å². The summed E-state index contributed by atoms with van der Waals surface area (Å²) in [5.74, 6) is 1.25. The molecule has 128 valence electrons. The van der Waals surface area contributed by atoms with E-state index in [1.54, 1.807) is 0 Å². The predicted molar refractivity (Wildman–Crippen MR) is 96.7 cm³/mol. The van der Waals surface area contributed by atoms with Gasteiger partial charge in [-0.1, -0.05) is 51.1 Å². The van der Waals surface area contributed by atoms with Crippen molar-refractivity contribution in [3.05, 3.63) is 35.9 Å². The van der Waals surface area contributed by atoms with Crippen molar-refractivity contribution in [1.29, 1.82) is 0 Å². The van der Waals surface area contributed by atoms with Crippen LogP contribution in [0.25, 0.3) is 0 Å². The van der Waals surface area contributed by atoms with Crippen molar-refractivity contribution in [2.45, 2.75) is 33.6 Å². The number of carbonyl (C=O) groups excluding carboxylic acids is 1. The normalized spacial score (nSPS) is 12.8. The molecule has 0 saturated heterocycles. The van der Waals surface area contributed by atoms with Gasteiger partial charge in [-0.3, -0.25) is 9.79 Å². The van der Waals surface area contributed by atoms with Gasteiger partial charge in [-0.25, -0.2) is 0 Å². The van der Waals surface area contributed by atoms with E-state index in [2.05, 4.69) is 52.1 Å². The fourth-order valence-electron chi connectivity index (χ4n) is 2.03. The summed E-state index contributed by atoms with van der Waals surface area (Å²) in [6, 6.07) is 10.4. The summed E-state index contributed by atoms with van der Waals surface area (Å²) in [6.45, 7) is 10.8. The van der Waals surface area contributed by atoms with Gasteiger partial charge in [-0.15, -0.1) is 0 Å². The summed E-state index contributed by atoms with van der Waals surface area (Å²) in [5, 5.41) is 9.36. The fourth-order valence-corrected chi connectivity index (χ4v) is 2.03. The SMILES string of the molecule is CCNC(=NCC(C)c1ccccc1)NCCNC(=O)C(C)C. The molecule has 5 heteroatoms. The van der Waals surface area contributed by atoms with E-state index in [1.807, 2.05) is 26.8 Å². The van der Waals surface area contributed by atoms with E-state index in [4.69, 9.17) is 0 Å². The summed E-state index contributed by atoms with van der Waals surface area (Å²) in [6.07, 6.45) is 0. The molecule has 0 aliphatic carbocycles. The molecule has 3 N–H and O–H groups in total. The van der Waals surface area contributed by atoms with Crippen LogP contribution < -0.4 is 16.0 Å². The van der Waals surface area contributed by atoms with Crippen LogP contribution >= 0.6 is 0 Å². The molecular weight excluding hydrogens is 288 g/mol. The average molecular weight is 318 g/mol. The van der Waals surface area contributed by atoms with Gasteiger partial charge in [0.1, 0.15) is 0 Å². The number of amides is 1. The minimum Gasteiger partial charge on any atom is -0.357 e. The zero-order valence-electron chi connectivity index (χ0n) is 14.7. The molecule has 1 amide bonds. The molecule has 1 unspecified atom stereocenters. The van der Waals surface area contributed by atoms with E-state index < -0.39 is 0 Å². The highest BCUT2D eigenvalue weighted by Crippen LogP contribution is 2.14. The maximum atomic E-state index is 11.5. The Labute approximate surface area is 140 Å². The monoisotopic (exact) mass is 318 g/mol. The van der Waals surface area contributed by atoms with E-state index in [9.17, 15) is 4.79 Å². The first-order chi connectivity index (χ1) is 11.0. The molecule has 1 aromatic carbocycles. The standard InChI is InChI=1S/C18H30N4O/c1-5-19-18(21-12-11-20-17(23)14(2)3)22-13-15(4)16-9-7-6-8-10-16/h6-10,14-15H,5,11-13H2,1-4H3,(H,20,23)(H2,19,21,22). The molecule has 0 aromatic heterocycles. The molecule has 1 rings (SSSR count). The van der Waals surface area contributed by atoms with E-state index in [1.165, 1.54) is 5.56 Å². The summed E-state index contributed by atoms with van der Waals surface area (Å²) < 4.78 is 0. The second-order valence-electron chi connectivity index (χ2n) is 5.90. The molecular formula is C18H30N4O. The van der Waals surface area contributed by atoms with Crippen LogP contribution in [0.5, 0.6) is 0 Å². The van der Waals surface area contributed by atoms with Crippen molar-refractivity contribution in [3.8, 4) is 0 Å². The predicted octanol–water partition coefficient (Wildman–Crippen LogP) is 2.12. The van der Waals surface area contributed by atoms with E-state index in [0.717, 1.165) is 19.0 Å². The molecule has 0 radical (unpaired) electrons. The lowest BCUT2D eigenvalue weighted by atomic mass is 10.0. The third-order valence-electron chi connectivity index (χ3n) is 3.48. The van der Waals surface area contributed by atoms with Crippen LogP contribution in [0.2, 0.25) is 0 Å². The van der Waals surface area contributed by atoms with Crippen LogP contribution in [0.15, 0.2) is 35.3 Å². The smallest absolute Gasteiger partial charge is 0.222 e. The van der Waals surface area contributed by atoms with Crippen molar-refractivity contribution in [1.82, 2.24) is 16.0 Å². The van der Waals surface area contributed by atoms with Crippen LogP contribution in [-0.4, -0.2) is 38.0 Å². The second-order valence-corrected chi connectivity index (χ2v) is 5.90. The highest BCUT2D eigenvalue weighted by atomic mass is 16.1. The van der Waals surface area contributed by atoms with Gasteiger partial charge in [0, 0.05) is 38.0 Å². The minimum absolute atomic E-state index is 0.0172. The van der Waals surface area contributed by atoms with Gasteiger partial charge in [-0.05, 0) is 12.5 Å². The lowest BCUT2D eigenvalue weighted by Gasteiger charge is -2.14. The Morgan fingerprint density at radius 2 is 1.70 bits per heavy atom. The fraction of sp³-hybridized carbons (Fsp3) is 0.556. The Balaban J connectivity index is 2.42. The Morgan fingerprint density at radius 1 is 1.04 bits per heavy atom. The van der Waals surface area contributed by atoms with Gasteiger partial charge in [0.15, 0.2) is 5.96 Å². The first-order valence-corrected chi connectivity index (χ1v) is 8.39. The summed E-state index contributed by atoms with van der Waals surface area (Å²) in [5.41, 5.74) is 1.29. The molecule has 0 saturated carbocycles. The van der Waals surface area contributed by atoms with Crippen molar-refractivity contribution in [3.63, 3.8) is 0 Å². The Morgan fingerprint density at radius 3 is 2.30 bits per heavy atom. The topological polar surface area (TPSA) is 65.5 Å². The van der Waals surface area contributed by atoms with Gasteiger partial charge in [0.2, 0.25) is 5.91 Å². The Hall–Kier alpha value is -2.04. The van der Waals surface area contributed by atoms with Gasteiger partial charge < -0.3 is 16.0 Å². The number of hydrogen-bond donors (Lipinski definition) is 3. The molecule has 1 atom stereocenters. The van der Waals surface area contributed by atoms with Gasteiger partial charge in [0.25, 0.3) is 0 Å². The van der Waals surface area contributed by atoms with Crippen molar-refractivity contribution >= 4 is 11.9 Å². The zero-order chi connectivity index (χ0) is 17.1. The highest BCUT2D eigenvalue weighted by Gasteiger charge is 2.06. The number of rotatable bonds is 8. The first kappa shape index (κ1) is 19.0. The molecule has 23 heavy (non-hydrogen) atoms. The maximum Gasteiger partial charge on any atom is 0.222 e. The largest absolute Gasteiger partial charge is 0.357 e. The maximum absolute atomic E-state index is 11.5. The van der Waals surface area contributed by atoms with Crippen LogP contribution in [0.3, 0.4) is 0 Å². The van der Waals surface area contributed by atoms with Crippen molar-refractivity contribution in [2.75, 3.05) is 26.2 Å².